The molecular weight excluding hydrogens is 565 g/mol. The number of amides is 2. The molecule has 2 aromatic carbocycles. The van der Waals surface area contributed by atoms with Gasteiger partial charge in [-0.15, -0.1) is 10.2 Å². The maximum Gasteiger partial charge on any atom is 0.409 e. The summed E-state index contributed by atoms with van der Waals surface area (Å²) < 4.78 is 52.4. The number of nitrogens with two attached hydrogens (primary N) is 1. The molecule has 40 heavy (non-hydrogen) atoms. The van der Waals surface area contributed by atoms with Gasteiger partial charge in [0.2, 0.25) is 15.7 Å². The summed E-state index contributed by atoms with van der Waals surface area (Å²) in [6, 6.07) is 8.62. The molecule has 2 amide bonds. The number of methoxy groups -OCH3 is 1. The predicted octanol–water partition coefficient (Wildman–Crippen LogP) is 3.38. The lowest BCUT2D eigenvalue weighted by atomic mass is 9.58. The van der Waals surface area contributed by atoms with E-state index in [1.165, 1.54) is 13.2 Å². The van der Waals surface area contributed by atoms with E-state index < -0.39 is 43.7 Å². The van der Waals surface area contributed by atoms with Gasteiger partial charge in [-0.05, 0) is 48.6 Å². The third-order valence-electron chi connectivity index (χ3n) is 7.55. The predicted molar refractivity (Wildman–Crippen MR) is 140 cm³/mol. The zero-order valence-electron chi connectivity index (χ0n) is 21.1. The number of ether oxygens (including phenoxy) is 1. The lowest BCUT2D eigenvalue weighted by Crippen LogP contribution is -2.60. The van der Waals surface area contributed by atoms with Gasteiger partial charge in [-0.2, -0.15) is 0 Å². The molecule has 1 aliphatic carbocycles. The van der Waals surface area contributed by atoms with Crippen LogP contribution in [0.1, 0.15) is 24.3 Å². The highest BCUT2D eigenvalue weighted by Crippen LogP contribution is 2.52. The molecule has 0 radical (unpaired) electrons. The largest absolute Gasteiger partial charge is 0.453 e. The summed E-state index contributed by atoms with van der Waals surface area (Å²) in [5.74, 6) is -1.40. The molecule has 208 valence electrons. The minimum Gasteiger partial charge on any atom is -0.453 e. The third-order valence-corrected chi connectivity index (χ3v) is 9.30. The van der Waals surface area contributed by atoms with Gasteiger partial charge >= 0.3 is 6.09 Å². The van der Waals surface area contributed by atoms with E-state index in [4.69, 9.17) is 26.5 Å². The number of piperidine rings is 2. The van der Waals surface area contributed by atoms with Gasteiger partial charge in [0.05, 0.1) is 40.6 Å². The molecule has 11 nitrogen and oxygen atoms in total. The minimum absolute atomic E-state index is 0.0684. The van der Waals surface area contributed by atoms with Gasteiger partial charge in [-0.3, -0.25) is 4.79 Å². The summed E-state index contributed by atoms with van der Waals surface area (Å²) >= 11 is 5.98. The Kier molecular flexibility index (Phi) is 6.11. The van der Waals surface area contributed by atoms with Gasteiger partial charge in [0, 0.05) is 18.1 Å². The molecule has 1 aromatic heterocycles. The highest BCUT2D eigenvalue weighted by Gasteiger charge is 2.55. The van der Waals surface area contributed by atoms with Crippen molar-refractivity contribution < 1.29 is 31.6 Å². The molecule has 0 spiro atoms. The second-order valence-corrected chi connectivity index (χ2v) is 12.5. The Morgan fingerprint density at radius 3 is 2.67 bits per heavy atom. The number of sulfone groups is 1. The first-order valence-electron chi connectivity index (χ1n) is 12.3. The van der Waals surface area contributed by atoms with E-state index in [9.17, 15) is 18.0 Å². The molecule has 2 saturated heterocycles. The second-order valence-electron chi connectivity index (χ2n) is 10.3. The molecule has 3 aromatic rings. The fourth-order valence-electron chi connectivity index (χ4n) is 5.72. The van der Waals surface area contributed by atoms with Gasteiger partial charge in [-0.25, -0.2) is 17.6 Å². The Balaban J connectivity index is 1.41. The standard InChI is InChI=1S/C26H23ClFN5O6S/c1-38-25(35)32-10-15-8-26(9-15,13-32)24-31-30-22(39-24)17-6-20-21(7-18(17)28)40(36,37)12-19(29)23(34)33(20)11-14-2-4-16(27)5-3-14/h2-7,12,15H,8-11,13,29H2,1H3. The van der Waals surface area contributed by atoms with Crippen LogP contribution >= 0.6 is 11.6 Å². The minimum atomic E-state index is -4.27. The topological polar surface area (TPSA) is 149 Å². The van der Waals surface area contributed by atoms with Gasteiger partial charge < -0.3 is 24.7 Å². The van der Waals surface area contributed by atoms with Crippen LogP contribution in [-0.4, -0.2) is 55.7 Å². The van der Waals surface area contributed by atoms with Crippen molar-refractivity contribution in [3.63, 3.8) is 0 Å². The molecule has 0 atom stereocenters. The molecule has 3 aliphatic heterocycles. The van der Waals surface area contributed by atoms with E-state index in [2.05, 4.69) is 10.2 Å². The van der Waals surface area contributed by atoms with Crippen molar-refractivity contribution >= 4 is 39.1 Å². The summed E-state index contributed by atoms with van der Waals surface area (Å²) in [6.07, 6.45) is 0.993. The van der Waals surface area contributed by atoms with Crippen molar-refractivity contribution in [1.82, 2.24) is 15.1 Å². The van der Waals surface area contributed by atoms with Gasteiger partial charge in [-0.1, -0.05) is 23.7 Å². The number of anilines is 1. The quantitative estimate of drug-likeness (QED) is 0.485. The molecule has 4 aliphatic rings. The first-order valence-corrected chi connectivity index (χ1v) is 14.2. The monoisotopic (exact) mass is 587 g/mol. The van der Waals surface area contributed by atoms with E-state index in [0.29, 0.717) is 29.1 Å². The number of hydrogen-bond acceptors (Lipinski definition) is 9. The zero-order valence-corrected chi connectivity index (χ0v) is 22.7. The number of carbonyl (C=O) groups excluding carboxylic acids is 2. The number of aromatic nitrogens is 2. The van der Waals surface area contributed by atoms with Crippen molar-refractivity contribution in [3.8, 4) is 11.5 Å². The SMILES string of the molecule is COC(=O)N1CC2CC(c3nnc(-c4cc5c(cc4F)S(=O)(=O)C=C(N)C(=O)N5Cc4ccc(Cl)cc4)o3)(C2)C1. The van der Waals surface area contributed by atoms with Crippen LogP contribution in [0.5, 0.6) is 0 Å². The fourth-order valence-corrected chi connectivity index (χ4v) is 7.14. The van der Waals surface area contributed by atoms with Gasteiger partial charge in [0.1, 0.15) is 11.5 Å². The maximum atomic E-state index is 15.5. The van der Waals surface area contributed by atoms with Crippen LogP contribution in [0.4, 0.5) is 14.9 Å². The molecular formula is C26H23ClFN5O6S. The molecule has 4 heterocycles. The molecule has 2 bridgehead atoms. The van der Waals surface area contributed by atoms with E-state index in [1.807, 2.05) is 0 Å². The number of rotatable bonds is 4. The van der Waals surface area contributed by atoms with Gasteiger partial charge in [0.15, 0.2) is 0 Å². The normalized spacial score (nSPS) is 23.1. The van der Waals surface area contributed by atoms with E-state index in [0.717, 1.165) is 23.8 Å². The van der Waals surface area contributed by atoms with Crippen molar-refractivity contribution in [2.24, 2.45) is 11.7 Å². The highest BCUT2D eigenvalue weighted by atomic mass is 35.5. The molecule has 7 rings (SSSR count). The smallest absolute Gasteiger partial charge is 0.409 e. The van der Waals surface area contributed by atoms with E-state index >= 15 is 4.39 Å². The van der Waals surface area contributed by atoms with Gasteiger partial charge in [0.25, 0.3) is 11.8 Å². The zero-order chi connectivity index (χ0) is 28.4. The van der Waals surface area contributed by atoms with E-state index in [-0.39, 0.29) is 35.5 Å². The number of halogens is 2. The van der Waals surface area contributed by atoms with Crippen LogP contribution in [0.25, 0.3) is 11.5 Å². The molecule has 14 heteroatoms. The number of fused-ring (bicyclic) bond motifs is 3. The lowest BCUT2D eigenvalue weighted by molar-refractivity contribution is -0.115. The molecule has 1 saturated carbocycles. The summed E-state index contributed by atoms with van der Waals surface area (Å²) in [5.41, 5.74) is 5.09. The number of hydrogen-bond donors (Lipinski definition) is 1. The van der Waals surface area contributed by atoms with Crippen LogP contribution in [-0.2, 0) is 31.3 Å². The summed E-state index contributed by atoms with van der Waals surface area (Å²) in [4.78, 5) is 27.6. The Hall–Kier alpha value is -3.97. The summed E-state index contributed by atoms with van der Waals surface area (Å²) in [7, 11) is -2.96. The molecule has 0 unspecified atom stereocenters. The average molecular weight is 588 g/mol. The fraction of sp³-hybridized carbons (Fsp3) is 0.308. The van der Waals surface area contributed by atoms with Crippen LogP contribution in [0, 0.1) is 11.7 Å². The Labute approximate surface area is 233 Å². The number of benzene rings is 2. The average Bonchev–Trinajstić information content (AvgIpc) is 3.39. The van der Waals surface area contributed by atoms with Crippen LogP contribution in [0.3, 0.4) is 0 Å². The lowest BCUT2D eigenvalue weighted by Gasteiger charge is -2.53. The van der Waals surface area contributed by atoms with Crippen LogP contribution in [0.15, 0.2) is 56.8 Å². The third kappa shape index (κ3) is 4.29. The Bertz CT molecular complexity index is 1680. The van der Waals surface area contributed by atoms with Crippen LogP contribution < -0.4 is 10.6 Å². The molecule has 2 N–H and O–H groups in total. The van der Waals surface area contributed by atoms with Crippen molar-refractivity contribution in [2.45, 2.75) is 29.7 Å². The second kappa shape index (κ2) is 9.30. The number of carbonyl (C=O) groups is 2. The first-order chi connectivity index (χ1) is 19.0. The maximum absolute atomic E-state index is 15.5. The Morgan fingerprint density at radius 1 is 1.25 bits per heavy atom. The first kappa shape index (κ1) is 26.3. The number of nitrogens with zero attached hydrogens (tertiary/aromatic N) is 4. The molecule has 3 fully saturated rings. The van der Waals surface area contributed by atoms with Crippen molar-refractivity contribution in [2.75, 3.05) is 25.1 Å². The van der Waals surface area contributed by atoms with Crippen molar-refractivity contribution in [3.05, 3.63) is 69.8 Å². The Morgan fingerprint density at radius 2 is 1.98 bits per heavy atom. The van der Waals surface area contributed by atoms with E-state index in [1.54, 1.807) is 29.2 Å². The van der Waals surface area contributed by atoms with Crippen LogP contribution in [0.2, 0.25) is 5.02 Å². The highest BCUT2D eigenvalue weighted by molar-refractivity contribution is 7.94. The summed E-state index contributed by atoms with van der Waals surface area (Å²) in [5, 5.41) is 9.32. The summed E-state index contributed by atoms with van der Waals surface area (Å²) in [6.45, 7) is 0.816. The van der Waals surface area contributed by atoms with Crippen molar-refractivity contribution in [1.29, 1.82) is 0 Å².